The van der Waals surface area contributed by atoms with Gasteiger partial charge in [0, 0.05) is 25.5 Å². The van der Waals surface area contributed by atoms with Crippen molar-refractivity contribution in [2.75, 3.05) is 13.7 Å². The molecule has 0 saturated heterocycles. The third-order valence-corrected chi connectivity index (χ3v) is 4.69. The third kappa shape index (κ3) is 4.02. The van der Waals surface area contributed by atoms with Gasteiger partial charge in [0.1, 0.15) is 11.2 Å². The van der Waals surface area contributed by atoms with Gasteiger partial charge in [-0.05, 0) is 48.6 Å². The molecule has 3 rings (SSSR count). The van der Waals surface area contributed by atoms with Gasteiger partial charge in [-0.25, -0.2) is 0 Å². The number of nitrogens with zero attached hydrogens (tertiary/aromatic N) is 1. The molecule has 6 heteroatoms. The summed E-state index contributed by atoms with van der Waals surface area (Å²) in [6, 6.07) is 11.4. The fourth-order valence-electron chi connectivity index (χ4n) is 2.92. The smallest absolute Gasteiger partial charge is 0.235 e. The summed E-state index contributed by atoms with van der Waals surface area (Å²) in [7, 11) is 1.63. The van der Waals surface area contributed by atoms with Crippen LogP contribution in [0.5, 0.6) is 5.75 Å². The van der Waals surface area contributed by atoms with E-state index in [1.54, 1.807) is 19.5 Å². The molecule has 6 nitrogen and oxygen atoms in total. The lowest BCUT2D eigenvalue weighted by molar-refractivity contribution is -0.137. The number of rotatable bonds is 8. The molecule has 0 bridgehead atoms. The summed E-state index contributed by atoms with van der Waals surface area (Å²) in [6.45, 7) is 0.871. The average molecular weight is 353 g/mol. The van der Waals surface area contributed by atoms with Gasteiger partial charge in [-0.2, -0.15) is 0 Å². The second-order valence-corrected chi connectivity index (χ2v) is 6.44. The number of para-hydroxylation sites is 1. The maximum absolute atomic E-state index is 12.5. The zero-order chi connectivity index (χ0) is 18.4. The highest BCUT2D eigenvalue weighted by molar-refractivity contribution is 6.07. The molecule has 0 aliphatic heterocycles. The van der Waals surface area contributed by atoms with Gasteiger partial charge < -0.3 is 15.4 Å². The lowest BCUT2D eigenvalue weighted by Gasteiger charge is -2.16. The molecule has 1 heterocycles. The van der Waals surface area contributed by atoms with Crippen molar-refractivity contribution in [2.45, 2.75) is 25.8 Å². The summed E-state index contributed by atoms with van der Waals surface area (Å²) in [6.07, 6.45) is 5.20. The van der Waals surface area contributed by atoms with Gasteiger partial charge in [-0.15, -0.1) is 0 Å². The number of methoxy groups -OCH3 is 1. The average Bonchev–Trinajstić information content (AvgIpc) is 3.49. The maximum Gasteiger partial charge on any atom is 0.235 e. The zero-order valence-electron chi connectivity index (χ0n) is 14.8. The Hall–Kier alpha value is -2.89. The first-order valence-corrected chi connectivity index (χ1v) is 8.73. The molecule has 2 amide bonds. The predicted molar refractivity (Wildman–Crippen MR) is 97.5 cm³/mol. The second kappa shape index (κ2) is 7.99. The van der Waals surface area contributed by atoms with Gasteiger partial charge in [0.05, 0.1) is 7.11 Å². The van der Waals surface area contributed by atoms with Gasteiger partial charge >= 0.3 is 0 Å². The Balaban J connectivity index is 1.50. The Morgan fingerprint density at radius 2 is 1.77 bits per heavy atom. The molecule has 26 heavy (non-hydrogen) atoms. The molecule has 1 fully saturated rings. The van der Waals surface area contributed by atoms with E-state index in [-0.39, 0.29) is 11.8 Å². The number of hydrogen-bond donors (Lipinski definition) is 2. The molecular formula is C20H23N3O3. The molecule has 1 aliphatic rings. The van der Waals surface area contributed by atoms with Gasteiger partial charge in [-0.3, -0.25) is 14.6 Å². The predicted octanol–water partition coefficient (Wildman–Crippen LogP) is 1.85. The first-order chi connectivity index (χ1) is 12.7. The number of amides is 2. The van der Waals surface area contributed by atoms with Gasteiger partial charge in [0.2, 0.25) is 11.8 Å². The fraction of sp³-hybridized carbons (Fsp3) is 0.350. The number of aromatic nitrogens is 1. The van der Waals surface area contributed by atoms with Crippen LogP contribution in [0.3, 0.4) is 0 Å². The third-order valence-electron chi connectivity index (χ3n) is 4.69. The van der Waals surface area contributed by atoms with E-state index in [4.69, 9.17) is 4.74 Å². The van der Waals surface area contributed by atoms with E-state index < -0.39 is 5.41 Å². The van der Waals surface area contributed by atoms with Crippen LogP contribution < -0.4 is 15.4 Å². The summed E-state index contributed by atoms with van der Waals surface area (Å²) in [5, 5.41) is 5.76. The van der Waals surface area contributed by atoms with Crippen LogP contribution in [-0.2, 0) is 22.6 Å². The summed E-state index contributed by atoms with van der Waals surface area (Å²) < 4.78 is 5.31. The van der Waals surface area contributed by atoms with Gasteiger partial charge in [-0.1, -0.05) is 18.2 Å². The molecule has 0 spiro atoms. The summed E-state index contributed by atoms with van der Waals surface area (Å²) >= 11 is 0. The van der Waals surface area contributed by atoms with Crippen molar-refractivity contribution in [3.63, 3.8) is 0 Å². The molecule has 1 aliphatic carbocycles. The van der Waals surface area contributed by atoms with Crippen molar-refractivity contribution in [2.24, 2.45) is 5.41 Å². The number of hydrogen-bond acceptors (Lipinski definition) is 4. The van der Waals surface area contributed by atoms with Crippen LogP contribution in [0, 0.1) is 5.41 Å². The van der Waals surface area contributed by atoms with E-state index in [0.717, 1.165) is 16.9 Å². The topological polar surface area (TPSA) is 80.3 Å². The molecule has 2 N–H and O–H groups in total. The molecule has 0 radical (unpaired) electrons. The summed E-state index contributed by atoms with van der Waals surface area (Å²) in [5.41, 5.74) is 1.08. The second-order valence-electron chi connectivity index (χ2n) is 6.44. The van der Waals surface area contributed by atoms with Crippen molar-refractivity contribution in [3.8, 4) is 5.75 Å². The van der Waals surface area contributed by atoms with Crippen LogP contribution in [0.25, 0.3) is 0 Å². The zero-order valence-corrected chi connectivity index (χ0v) is 14.8. The lowest BCUT2D eigenvalue weighted by Crippen LogP contribution is -2.43. The highest BCUT2D eigenvalue weighted by Gasteiger charge is 2.56. The lowest BCUT2D eigenvalue weighted by atomic mass is 10.0. The van der Waals surface area contributed by atoms with E-state index in [1.807, 2.05) is 36.4 Å². The Morgan fingerprint density at radius 1 is 1.08 bits per heavy atom. The van der Waals surface area contributed by atoms with Crippen LogP contribution >= 0.6 is 0 Å². The van der Waals surface area contributed by atoms with Crippen LogP contribution in [0.2, 0.25) is 0 Å². The van der Waals surface area contributed by atoms with E-state index >= 15 is 0 Å². The minimum atomic E-state index is -0.909. The minimum absolute atomic E-state index is 0.195. The van der Waals surface area contributed by atoms with E-state index in [1.165, 1.54) is 0 Å². The van der Waals surface area contributed by atoms with E-state index in [9.17, 15) is 9.59 Å². The van der Waals surface area contributed by atoms with Crippen LogP contribution in [-0.4, -0.2) is 30.5 Å². The van der Waals surface area contributed by atoms with Crippen molar-refractivity contribution >= 4 is 11.8 Å². The van der Waals surface area contributed by atoms with Crippen LogP contribution in [0.4, 0.5) is 0 Å². The number of pyridine rings is 1. The number of carbonyl (C=O) groups excluding carboxylic acids is 2. The van der Waals surface area contributed by atoms with Crippen LogP contribution in [0.1, 0.15) is 24.0 Å². The Kier molecular flexibility index (Phi) is 5.51. The highest BCUT2D eigenvalue weighted by Crippen LogP contribution is 2.46. The van der Waals surface area contributed by atoms with E-state index in [2.05, 4.69) is 15.6 Å². The summed E-state index contributed by atoms with van der Waals surface area (Å²) in [5.74, 6) is 0.404. The quantitative estimate of drug-likeness (QED) is 0.710. The van der Waals surface area contributed by atoms with Crippen molar-refractivity contribution in [1.29, 1.82) is 0 Å². The Bertz CT molecular complexity index is 773. The largest absolute Gasteiger partial charge is 0.496 e. The number of ether oxygens (including phenoxy) is 1. The van der Waals surface area contributed by atoms with Gasteiger partial charge in [0.15, 0.2) is 0 Å². The number of benzene rings is 1. The Labute approximate surface area is 153 Å². The SMILES string of the molecule is COc1ccccc1CCNC(=O)C1(C(=O)NCc2ccncc2)CC1. The molecule has 0 unspecified atom stereocenters. The van der Waals surface area contributed by atoms with Crippen molar-refractivity contribution in [3.05, 3.63) is 59.9 Å². The number of nitrogens with one attached hydrogen (secondary N) is 2. The molecule has 1 saturated carbocycles. The molecule has 1 aromatic heterocycles. The minimum Gasteiger partial charge on any atom is -0.496 e. The first kappa shape index (κ1) is 17.9. The molecule has 136 valence electrons. The Morgan fingerprint density at radius 3 is 2.46 bits per heavy atom. The number of carbonyl (C=O) groups is 2. The highest BCUT2D eigenvalue weighted by atomic mass is 16.5. The van der Waals surface area contributed by atoms with Crippen LogP contribution in [0.15, 0.2) is 48.8 Å². The maximum atomic E-state index is 12.5. The molecule has 0 atom stereocenters. The van der Waals surface area contributed by atoms with E-state index in [0.29, 0.717) is 32.4 Å². The molecule has 2 aromatic rings. The van der Waals surface area contributed by atoms with Crippen molar-refractivity contribution in [1.82, 2.24) is 15.6 Å². The standard InChI is InChI=1S/C20H23N3O3/c1-26-17-5-3-2-4-16(17)8-13-22-18(24)20(9-10-20)19(25)23-14-15-6-11-21-12-7-15/h2-7,11-12H,8-10,13-14H2,1H3,(H,22,24)(H,23,25). The molecular weight excluding hydrogens is 330 g/mol. The molecule has 1 aromatic carbocycles. The normalized spacial score (nSPS) is 14.3. The van der Waals surface area contributed by atoms with Crippen molar-refractivity contribution < 1.29 is 14.3 Å². The first-order valence-electron chi connectivity index (χ1n) is 8.73. The summed E-state index contributed by atoms with van der Waals surface area (Å²) in [4.78, 5) is 28.9. The fourth-order valence-corrected chi connectivity index (χ4v) is 2.92. The monoisotopic (exact) mass is 353 g/mol. The van der Waals surface area contributed by atoms with Gasteiger partial charge in [0.25, 0.3) is 0 Å².